The van der Waals surface area contributed by atoms with Crippen LogP contribution in [0.3, 0.4) is 0 Å². The number of carboxylic acids is 1. The number of thiazole rings is 1. The second-order valence-electron chi connectivity index (χ2n) is 4.37. The van der Waals surface area contributed by atoms with E-state index >= 15 is 0 Å². The van der Waals surface area contributed by atoms with Gasteiger partial charge in [0.05, 0.1) is 0 Å². The van der Waals surface area contributed by atoms with Crippen molar-refractivity contribution in [2.75, 3.05) is 6.54 Å². The minimum absolute atomic E-state index is 0.285. The number of aryl methyl sites for hydroxylation is 2. The van der Waals surface area contributed by atoms with Gasteiger partial charge in [0.25, 0.3) is 5.91 Å². The minimum Gasteiger partial charge on any atom is -0.480 e. The molecule has 2 rings (SSSR count). The number of hydrogen-bond acceptors (Lipinski definition) is 4. The van der Waals surface area contributed by atoms with Crippen molar-refractivity contribution in [3.05, 3.63) is 40.4 Å². The smallest absolute Gasteiger partial charge is 0.322 e. The summed E-state index contributed by atoms with van der Waals surface area (Å²) in [5.41, 5.74) is 2.36. The van der Waals surface area contributed by atoms with E-state index in [-0.39, 0.29) is 5.69 Å². The molecule has 20 heavy (non-hydrogen) atoms. The monoisotopic (exact) mass is 290 g/mol. The molecule has 104 valence electrons. The van der Waals surface area contributed by atoms with Gasteiger partial charge in [-0.25, -0.2) is 4.98 Å². The van der Waals surface area contributed by atoms with E-state index in [0.29, 0.717) is 0 Å². The predicted octanol–water partition coefficient (Wildman–Crippen LogP) is 2.24. The van der Waals surface area contributed by atoms with E-state index in [1.165, 1.54) is 11.3 Å². The highest BCUT2D eigenvalue weighted by Crippen LogP contribution is 2.28. The Morgan fingerprint density at radius 3 is 2.75 bits per heavy atom. The van der Waals surface area contributed by atoms with Gasteiger partial charge in [-0.05, 0) is 19.9 Å². The first kappa shape index (κ1) is 14.2. The molecule has 1 aromatic carbocycles. The number of carbonyl (C=O) groups is 2. The molecule has 1 aromatic heterocycles. The van der Waals surface area contributed by atoms with Gasteiger partial charge in [-0.15, -0.1) is 11.3 Å². The molecule has 5 nitrogen and oxygen atoms in total. The summed E-state index contributed by atoms with van der Waals surface area (Å²) in [6.45, 7) is 3.38. The van der Waals surface area contributed by atoms with E-state index in [9.17, 15) is 9.59 Å². The molecule has 0 aliphatic rings. The van der Waals surface area contributed by atoms with E-state index in [0.717, 1.165) is 21.0 Å². The minimum atomic E-state index is -1.08. The zero-order valence-corrected chi connectivity index (χ0v) is 12.0. The van der Waals surface area contributed by atoms with E-state index < -0.39 is 18.4 Å². The van der Waals surface area contributed by atoms with Crippen LogP contribution in [0.4, 0.5) is 0 Å². The predicted molar refractivity (Wildman–Crippen MR) is 77.0 cm³/mol. The van der Waals surface area contributed by atoms with Gasteiger partial charge in [0, 0.05) is 10.4 Å². The van der Waals surface area contributed by atoms with Gasteiger partial charge in [0.15, 0.2) is 0 Å². The molecule has 0 radical (unpaired) electrons. The van der Waals surface area contributed by atoms with Crippen LogP contribution in [0.25, 0.3) is 10.6 Å². The first-order valence-corrected chi connectivity index (χ1v) is 6.83. The maximum absolute atomic E-state index is 11.9. The molecule has 0 saturated heterocycles. The van der Waals surface area contributed by atoms with Crippen LogP contribution in [-0.2, 0) is 4.79 Å². The second kappa shape index (κ2) is 5.83. The Kier molecular flexibility index (Phi) is 4.14. The summed E-state index contributed by atoms with van der Waals surface area (Å²) in [4.78, 5) is 27.4. The molecule has 0 aliphatic heterocycles. The Labute approximate surface area is 120 Å². The topological polar surface area (TPSA) is 79.3 Å². The summed E-state index contributed by atoms with van der Waals surface area (Å²) in [7, 11) is 0. The lowest BCUT2D eigenvalue weighted by molar-refractivity contribution is -0.135. The lowest BCUT2D eigenvalue weighted by Crippen LogP contribution is -2.29. The largest absolute Gasteiger partial charge is 0.480 e. The number of nitrogens with one attached hydrogen (secondary N) is 1. The Bertz CT molecular complexity index is 664. The highest BCUT2D eigenvalue weighted by atomic mass is 32.1. The van der Waals surface area contributed by atoms with Crippen LogP contribution in [-0.4, -0.2) is 28.5 Å². The molecule has 0 fully saturated rings. The van der Waals surface area contributed by atoms with Crippen molar-refractivity contribution in [1.29, 1.82) is 0 Å². The summed E-state index contributed by atoms with van der Waals surface area (Å²) < 4.78 is 0. The van der Waals surface area contributed by atoms with Crippen molar-refractivity contribution in [1.82, 2.24) is 10.3 Å². The molecule has 0 spiro atoms. The van der Waals surface area contributed by atoms with Crippen LogP contribution in [0.2, 0.25) is 0 Å². The summed E-state index contributed by atoms with van der Waals surface area (Å²) in [5.74, 6) is -1.54. The number of aliphatic carboxylic acids is 1. The SMILES string of the molecule is Cc1cccc(-c2nc(C(=O)NCC(=O)O)c(C)s2)c1. The number of aromatic nitrogens is 1. The molecule has 0 bridgehead atoms. The Hall–Kier alpha value is -2.21. The van der Waals surface area contributed by atoms with Gasteiger partial charge in [0.2, 0.25) is 0 Å². The Morgan fingerprint density at radius 2 is 2.10 bits per heavy atom. The Balaban J connectivity index is 2.25. The molecule has 2 N–H and O–H groups in total. The average Bonchev–Trinajstić information content (AvgIpc) is 2.78. The van der Waals surface area contributed by atoms with Crippen molar-refractivity contribution in [2.45, 2.75) is 13.8 Å². The summed E-state index contributed by atoms with van der Waals surface area (Å²) in [6, 6.07) is 7.86. The molecule has 0 atom stereocenters. The molecule has 1 heterocycles. The average molecular weight is 290 g/mol. The molecule has 2 aromatic rings. The van der Waals surface area contributed by atoms with Crippen molar-refractivity contribution >= 4 is 23.2 Å². The van der Waals surface area contributed by atoms with Gasteiger partial charge in [-0.1, -0.05) is 23.8 Å². The van der Waals surface area contributed by atoms with Crippen LogP contribution in [0.1, 0.15) is 20.9 Å². The summed E-state index contributed by atoms with van der Waals surface area (Å²) in [6.07, 6.45) is 0. The van der Waals surface area contributed by atoms with Gasteiger partial charge < -0.3 is 10.4 Å². The fourth-order valence-corrected chi connectivity index (χ4v) is 2.66. The Morgan fingerprint density at radius 1 is 1.35 bits per heavy atom. The summed E-state index contributed by atoms with van der Waals surface area (Å²) in [5, 5.41) is 11.6. The van der Waals surface area contributed by atoms with Crippen LogP contribution in [0.5, 0.6) is 0 Å². The number of nitrogens with zero attached hydrogens (tertiary/aromatic N) is 1. The first-order valence-electron chi connectivity index (χ1n) is 6.02. The van der Waals surface area contributed by atoms with Crippen molar-refractivity contribution in [3.8, 4) is 10.6 Å². The van der Waals surface area contributed by atoms with Crippen LogP contribution >= 0.6 is 11.3 Å². The highest BCUT2D eigenvalue weighted by Gasteiger charge is 2.16. The highest BCUT2D eigenvalue weighted by molar-refractivity contribution is 7.15. The van der Waals surface area contributed by atoms with Gasteiger partial charge in [-0.2, -0.15) is 0 Å². The standard InChI is InChI=1S/C14H14N2O3S/c1-8-4-3-5-10(6-8)14-16-12(9(2)20-14)13(19)15-7-11(17)18/h3-6H,7H2,1-2H3,(H,15,19)(H,17,18). The zero-order chi connectivity index (χ0) is 14.7. The van der Waals surface area contributed by atoms with E-state index in [2.05, 4.69) is 10.3 Å². The second-order valence-corrected chi connectivity index (χ2v) is 5.57. The molecule has 0 aliphatic carbocycles. The number of carbonyl (C=O) groups excluding carboxylic acids is 1. The normalized spacial score (nSPS) is 10.3. The summed E-state index contributed by atoms with van der Waals surface area (Å²) >= 11 is 1.42. The van der Waals surface area contributed by atoms with Crippen LogP contribution in [0.15, 0.2) is 24.3 Å². The lowest BCUT2D eigenvalue weighted by atomic mass is 10.1. The molecule has 1 amide bonds. The van der Waals surface area contributed by atoms with E-state index in [1.807, 2.05) is 31.2 Å². The van der Waals surface area contributed by atoms with Crippen LogP contribution < -0.4 is 5.32 Å². The van der Waals surface area contributed by atoms with Crippen LogP contribution in [0, 0.1) is 13.8 Å². The van der Waals surface area contributed by atoms with Crippen molar-refractivity contribution < 1.29 is 14.7 Å². The third-order valence-corrected chi connectivity index (χ3v) is 3.70. The van der Waals surface area contributed by atoms with Crippen molar-refractivity contribution in [3.63, 3.8) is 0 Å². The number of rotatable bonds is 4. The fourth-order valence-electron chi connectivity index (χ4n) is 1.75. The van der Waals surface area contributed by atoms with Gasteiger partial charge in [-0.3, -0.25) is 9.59 Å². The number of hydrogen-bond donors (Lipinski definition) is 2. The molecule has 6 heteroatoms. The van der Waals surface area contributed by atoms with Crippen molar-refractivity contribution in [2.24, 2.45) is 0 Å². The number of benzene rings is 1. The fraction of sp³-hybridized carbons (Fsp3) is 0.214. The first-order chi connectivity index (χ1) is 9.47. The van der Waals surface area contributed by atoms with Gasteiger partial charge in [0.1, 0.15) is 17.2 Å². The number of amides is 1. The molecular formula is C14H14N2O3S. The maximum Gasteiger partial charge on any atom is 0.322 e. The third-order valence-electron chi connectivity index (χ3n) is 2.68. The lowest BCUT2D eigenvalue weighted by Gasteiger charge is -1.99. The van der Waals surface area contributed by atoms with E-state index in [1.54, 1.807) is 6.92 Å². The molecular weight excluding hydrogens is 276 g/mol. The number of carboxylic acid groups (broad SMARTS) is 1. The quantitative estimate of drug-likeness (QED) is 0.905. The maximum atomic E-state index is 11.9. The molecule has 0 unspecified atom stereocenters. The van der Waals surface area contributed by atoms with Gasteiger partial charge >= 0.3 is 5.97 Å². The zero-order valence-electron chi connectivity index (χ0n) is 11.1. The molecule has 0 saturated carbocycles. The van der Waals surface area contributed by atoms with E-state index in [4.69, 9.17) is 5.11 Å². The third kappa shape index (κ3) is 3.21.